The second kappa shape index (κ2) is 8.95. The summed E-state index contributed by atoms with van der Waals surface area (Å²) < 4.78 is 7.07. The molecule has 1 aliphatic rings. The molecule has 0 unspecified atom stereocenters. The summed E-state index contributed by atoms with van der Waals surface area (Å²) in [5, 5.41) is 8.85. The van der Waals surface area contributed by atoms with Crippen LogP contribution >= 0.6 is 11.8 Å². The van der Waals surface area contributed by atoms with Crippen LogP contribution in [0, 0.1) is 0 Å². The molecule has 9 heteroatoms. The van der Waals surface area contributed by atoms with E-state index in [4.69, 9.17) is 4.74 Å². The predicted molar refractivity (Wildman–Crippen MR) is 112 cm³/mol. The number of anilines is 1. The lowest BCUT2D eigenvalue weighted by atomic mass is 10.3. The molecule has 0 radical (unpaired) electrons. The first-order chi connectivity index (χ1) is 14.2. The Labute approximate surface area is 173 Å². The summed E-state index contributed by atoms with van der Waals surface area (Å²) >= 11 is 1.40. The lowest BCUT2D eigenvalue weighted by Gasteiger charge is -2.35. The number of pyridine rings is 1. The SMILES string of the molecule is COc1ccc(-n2cnnc2SCC(=O)N2CCN(c3ccccn3)CC2)cc1. The molecule has 8 nitrogen and oxygen atoms in total. The molecular weight excluding hydrogens is 388 g/mol. The van der Waals surface area contributed by atoms with Gasteiger partial charge in [-0.1, -0.05) is 17.8 Å². The van der Waals surface area contributed by atoms with E-state index >= 15 is 0 Å². The molecule has 4 rings (SSSR count). The topological polar surface area (TPSA) is 76.4 Å². The molecule has 1 saturated heterocycles. The van der Waals surface area contributed by atoms with Crippen LogP contribution in [0.1, 0.15) is 0 Å². The van der Waals surface area contributed by atoms with Crippen LogP contribution in [0.25, 0.3) is 5.69 Å². The van der Waals surface area contributed by atoms with Crippen LogP contribution in [-0.4, -0.2) is 69.6 Å². The summed E-state index contributed by atoms with van der Waals surface area (Å²) in [5.41, 5.74) is 0.926. The third-order valence-electron chi connectivity index (χ3n) is 4.80. The zero-order valence-corrected chi connectivity index (χ0v) is 17.0. The van der Waals surface area contributed by atoms with E-state index in [1.165, 1.54) is 11.8 Å². The van der Waals surface area contributed by atoms with Crippen molar-refractivity contribution in [2.24, 2.45) is 0 Å². The third kappa shape index (κ3) is 4.51. The number of hydrogen-bond donors (Lipinski definition) is 0. The van der Waals surface area contributed by atoms with E-state index in [9.17, 15) is 4.79 Å². The molecule has 0 aliphatic carbocycles. The van der Waals surface area contributed by atoms with Gasteiger partial charge in [0.1, 0.15) is 17.9 Å². The number of carbonyl (C=O) groups is 1. The van der Waals surface area contributed by atoms with Crippen LogP contribution in [-0.2, 0) is 4.79 Å². The highest BCUT2D eigenvalue weighted by atomic mass is 32.2. The van der Waals surface area contributed by atoms with Gasteiger partial charge < -0.3 is 14.5 Å². The standard InChI is InChI=1S/C20H22N6O2S/c1-28-17-7-5-16(6-8-17)26-15-22-23-20(26)29-14-19(27)25-12-10-24(11-13-25)18-4-2-3-9-21-18/h2-9,15H,10-14H2,1H3. The molecule has 0 N–H and O–H groups in total. The Kier molecular flexibility index (Phi) is 5.95. The third-order valence-corrected chi connectivity index (χ3v) is 5.73. The first-order valence-corrected chi connectivity index (χ1v) is 10.3. The van der Waals surface area contributed by atoms with Gasteiger partial charge in [-0.15, -0.1) is 10.2 Å². The van der Waals surface area contributed by atoms with E-state index in [0.29, 0.717) is 24.0 Å². The molecule has 0 atom stereocenters. The van der Waals surface area contributed by atoms with Crippen molar-refractivity contribution in [3.8, 4) is 11.4 Å². The smallest absolute Gasteiger partial charge is 0.233 e. The van der Waals surface area contributed by atoms with Gasteiger partial charge in [0.2, 0.25) is 5.91 Å². The van der Waals surface area contributed by atoms with Gasteiger partial charge in [-0.25, -0.2) is 4.98 Å². The Morgan fingerprint density at radius 2 is 1.90 bits per heavy atom. The summed E-state index contributed by atoms with van der Waals surface area (Å²) in [5.74, 6) is 2.19. The Balaban J connectivity index is 1.32. The minimum atomic E-state index is 0.111. The molecule has 3 heterocycles. The van der Waals surface area contributed by atoms with E-state index in [1.807, 2.05) is 51.9 Å². The molecule has 29 heavy (non-hydrogen) atoms. The number of hydrogen-bond acceptors (Lipinski definition) is 7. The van der Waals surface area contributed by atoms with Crippen molar-refractivity contribution in [3.63, 3.8) is 0 Å². The average molecular weight is 411 g/mol. The van der Waals surface area contributed by atoms with Gasteiger partial charge in [-0.3, -0.25) is 9.36 Å². The van der Waals surface area contributed by atoms with Crippen molar-refractivity contribution < 1.29 is 9.53 Å². The van der Waals surface area contributed by atoms with Gasteiger partial charge in [-0.2, -0.15) is 0 Å². The van der Waals surface area contributed by atoms with E-state index in [0.717, 1.165) is 30.3 Å². The quantitative estimate of drug-likeness (QED) is 0.576. The van der Waals surface area contributed by atoms with Crippen molar-refractivity contribution in [1.29, 1.82) is 0 Å². The van der Waals surface area contributed by atoms with E-state index in [-0.39, 0.29) is 5.91 Å². The number of methoxy groups -OCH3 is 1. The van der Waals surface area contributed by atoms with Gasteiger partial charge in [-0.05, 0) is 36.4 Å². The fourth-order valence-corrected chi connectivity index (χ4v) is 4.02. The summed E-state index contributed by atoms with van der Waals surface area (Å²) in [7, 11) is 1.64. The number of aromatic nitrogens is 4. The zero-order valence-electron chi connectivity index (χ0n) is 16.1. The maximum atomic E-state index is 12.7. The summed E-state index contributed by atoms with van der Waals surface area (Å²) in [6.45, 7) is 2.97. The zero-order chi connectivity index (χ0) is 20.1. The fourth-order valence-electron chi connectivity index (χ4n) is 3.19. The maximum Gasteiger partial charge on any atom is 0.233 e. The molecule has 2 aromatic heterocycles. The maximum absolute atomic E-state index is 12.7. The number of ether oxygens (including phenoxy) is 1. The Bertz CT molecular complexity index is 939. The largest absolute Gasteiger partial charge is 0.497 e. The number of rotatable bonds is 6. The average Bonchev–Trinajstić information content (AvgIpc) is 3.27. The first-order valence-electron chi connectivity index (χ1n) is 9.35. The van der Waals surface area contributed by atoms with Crippen molar-refractivity contribution in [2.75, 3.05) is 43.9 Å². The molecule has 0 bridgehead atoms. The highest BCUT2D eigenvalue weighted by Crippen LogP contribution is 2.22. The molecular formula is C20H22N6O2S. The van der Waals surface area contributed by atoms with Crippen LogP contribution in [0.5, 0.6) is 5.75 Å². The lowest BCUT2D eigenvalue weighted by Crippen LogP contribution is -2.49. The second-order valence-electron chi connectivity index (χ2n) is 6.53. The number of piperazine rings is 1. The summed E-state index contributed by atoms with van der Waals surface area (Å²) in [6.07, 6.45) is 3.45. The second-order valence-corrected chi connectivity index (χ2v) is 7.47. The minimum absolute atomic E-state index is 0.111. The van der Waals surface area contributed by atoms with Gasteiger partial charge in [0.25, 0.3) is 0 Å². The van der Waals surface area contributed by atoms with E-state index in [2.05, 4.69) is 20.1 Å². The van der Waals surface area contributed by atoms with Crippen LogP contribution in [0.4, 0.5) is 5.82 Å². The molecule has 0 saturated carbocycles. The van der Waals surface area contributed by atoms with Crippen molar-refractivity contribution in [2.45, 2.75) is 5.16 Å². The Hall–Kier alpha value is -3.07. The van der Waals surface area contributed by atoms with Crippen LogP contribution in [0.3, 0.4) is 0 Å². The number of nitrogens with zero attached hydrogens (tertiary/aromatic N) is 6. The summed E-state index contributed by atoms with van der Waals surface area (Å²) in [6, 6.07) is 13.5. The predicted octanol–water partition coefficient (Wildman–Crippen LogP) is 2.11. The monoisotopic (exact) mass is 410 g/mol. The number of carbonyl (C=O) groups excluding carboxylic acids is 1. The highest BCUT2D eigenvalue weighted by Gasteiger charge is 2.22. The highest BCUT2D eigenvalue weighted by molar-refractivity contribution is 7.99. The Morgan fingerprint density at radius 1 is 1.10 bits per heavy atom. The van der Waals surface area contributed by atoms with Crippen molar-refractivity contribution in [1.82, 2.24) is 24.6 Å². The van der Waals surface area contributed by atoms with Gasteiger partial charge in [0, 0.05) is 38.1 Å². The molecule has 150 valence electrons. The molecule has 1 aliphatic heterocycles. The van der Waals surface area contributed by atoms with Gasteiger partial charge >= 0.3 is 0 Å². The van der Waals surface area contributed by atoms with Gasteiger partial charge in [0.05, 0.1) is 12.9 Å². The number of benzene rings is 1. The molecule has 0 spiro atoms. The Morgan fingerprint density at radius 3 is 2.59 bits per heavy atom. The molecule has 1 amide bonds. The number of thioether (sulfide) groups is 1. The molecule has 1 fully saturated rings. The van der Waals surface area contributed by atoms with Gasteiger partial charge in [0.15, 0.2) is 5.16 Å². The molecule has 1 aromatic carbocycles. The first kappa shape index (κ1) is 19.3. The van der Waals surface area contributed by atoms with E-state index < -0.39 is 0 Å². The van der Waals surface area contributed by atoms with Crippen molar-refractivity contribution in [3.05, 3.63) is 55.0 Å². The molecule has 3 aromatic rings. The van der Waals surface area contributed by atoms with E-state index in [1.54, 1.807) is 19.6 Å². The lowest BCUT2D eigenvalue weighted by molar-refractivity contribution is -0.128. The minimum Gasteiger partial charge on any atom is -0.497 e. The van der Waals surface area contributed by atoms with Crippen LogP contribution < -0.4 is 9.64 Å². The summed E-state index contributed by atoms with van der Waals surface area (Å²) in [4.78, 5) is 21.2. The normalized spacial score (nSPS) is 14.1. The van der Waals surface area contributed by atoms with Crippen molar-refractivity contribution >= 4 is 23.5 Å². The van der Waals surface area contributed by atoms with Crippen LogP contribution in [0.15, 0.2) is 60.1 Å². The number of amides is 1. The van der Waals surface area contributed by atoms with Crippen LogP contribution in [0.2, 0.25) is 0 Å². The fraction of sp³-hybridized carbons (Fsp3) is 0.300.